The molecule has 0 heterocycles. The highest BCUT2D eigenvalue weighted by molar-refractivity contribution is 4.56. The van der Waals surface area contributed by atoms with Gasteiger partial charge in [-0.25, -0.2) is 0 Å². The van der Waals surface area contributed by atoms with Crippen molar-refractivity contribution in [3.8, 4) is 0 Å². The van der Waals surface area contributed by atoms with Gasteiger partial charge in [0, 0.05) is 6.54 Å². The lowest BCUT2D eigenvalue weighted by Gasteiger charge is -2.07. The van der Waals surface area contributed by atoms with Crippen LogP contribution < -0.4 is 11.1 Å². The quantitative estimate of drug-likeness (QED) is 0.464. The van der Waals surface area contributed by atoms with E-state index < -0.39 is 0 Å². The molecule has 4 N–H and O–H groups in total. The topological polar surface area (TPSA) is 58.3 Å². The predicted octanol–water partition coefficient (Wildman–Crippen LogP) is -0.694. The number of hydrogen-bond acceptors (Lipinski definition) is 3. The lowest BCUT2D eigenvalue weighted by atomic mass is 10.2. The molecular formula is C6H16N2O. The van der Waals surface area contributed by atoms with E-state index in [2.05, 4.69) is 5.32 Å². The number of hydrogen-bond donors (Lipinski definition) is 3. The van der Waals surface area contributed by atoms with E-state index in [1.54, 1.807) is 0 Å². The highest BCUT2D eigenvalue weighted by atomic mass is 16.3. The van der Waals surface area contributed by atoms with Crippen molar-refractivity contribution >= 4 is 0 Å². The van der Waals surface area contributed by atoms with Crippen LogP contribution in [0.5, 0.6) is 0 Å². The molecule has 1 atom stereocenters. The molecular weight excluding hydrogens is 116 g/mol. The molecule has 0 spiro atoms. The van der Waals surface area contributed by atoms with Gasteiger partial charge in [-0.2, -0.15) is 0 Å². The summed E-state index contributed by atoms with van der Waals surface area (Å²) in [7, 11) is 1.83. The second-order valence-corrected chi connectivity index (χ2v) is 2.14. The average Bonchev–Trinajstić information content (AvgIpc) is 1.85. The second-order valence-electron chi connectivity index (χ2n) is 2.14. The van der Waals surface area contributed by atoms with Crippen LogP contribution in [0.4, 0.5) is 0 Å². The Morgan fingerprint density at radius 3 is 2.78 bits per heavy atom. The molecule has 1 unspecified atom stereocenters. The summed E-state index contributed by atoms with van der Waals surface area (Å²) in [5.74, 6) is 0. The van der Waals surface area contributed by atoms with E-state index in [-0.39, 0.29) is 6.10 Å². The van der Waals surface area contributed by atoms with Crippen molar-refractivity contribution in [2.75, 3.05) is 20.1 Å². The van der Waals surface area contributed by atoms with Crippen molar-refractivity contribution in [3.05, 3.63) is 0 Å². The summed E-state index contributed by atoms with van der Waals surface area (Å²) in [6.07, 6.45) is 1.48. The standard InChI is InChI=1S/C6H16N2O/c1-8-5-6(9)3-2-4-7/h6,8-9H,2-5,7H2,1H3. The summed E-state index contributed by atoms with van der Waals surface area (Å²) in [5, 5.41) is 11.9. The first-order valence-electron chi connectivity index (χ1n) is 3.34. The molecule has 0 radical (unpaired) electrons. The number of likely N-dealkylation sites (N-methyl/N-ethyl adjacent to an activating group) is 1. The van der Waals surface area contributed by atoms with E-state index in [9.17, 15) is 0 Å². The Kier molecular flexibility index (Phi) is 5.93. The molecule has 0 saturated heterocycles. The molecule has 0 saturated carbocycles. The molecule has 0 fully saturated rings. The van der Waals surface area contributed by atoms with Crippen LogP contribution in [-0.4, -0.2) is 31.3 Å². The molecule has 3 heteroatoms. The number of aliphatic hydroxyl groups is 1. The molecule has 0 aliphatic rings. The van der Waals surface area contributed by atoms with Gasteiger partial charge < -0.3 is 16.2 Å². The van der Waals surface area contributed by atoms with Crippen LogP contribution in [0.15, 0.2) is 0 Å². The van der Waals surface area contributed by atoms with E-state index in [1.165, 1.54) is 0 Å². The van der Waals surface area contributed by atoms with E-state index in [0.717, 1.165) is 12.8 Å². The van der Waals surface area contributed by atoms with Crippen molar-refractivity contribution in [1.82, 2.24) is 5.32 Å². The van der Waals surface area contributed by atoms with Crippen molar-refractivity contribution < 1.29 is 5.11 Å². The summed E-state index contributed by atoms with van der Waals surface area (Å²) in [6, 6.07) is 0. The van der Waals surface area contributed by atoms with Crippen LogP contribution in [0.25, 0.3) is 0 Å². The van der Waals surface area contributed by atoms with Gasteiger partial charge in [0.2, 0.25) is 0 Å². The van der Waals surface area contributed by atoms with Gasteiger partial charge in [-0.1, -0.05) is 0 Å². The molecule has 0 aromatic heterocycles. The summed E-state index contributed by atoms with van der Waals surface area (Å²) in [5.41, 5.74) is 5.24. The van der Waals surface area contributed by atoms with E-state index in [4.69, 9.17) is 10.8 Å². The van der Waals surface area contributed by atoms with Gasteiger partial charge in [-0.3, -0.25) is 0 Å². The van der Waals surface area contributed by atoms with Crippen LogP contribution in [0.2, 0.25) is 0 Å². The van der Waals surface area contributed by atoms with E-state index >= 15 is 0 Å². The van der Waals surface area contributed by atoms with Gasteiger partial charge in [-0.15, -0.1) is 0 Å². The monoisotopic (exact) mass is 132 g/mol. The fraction of sp³-hybridized carbons (Fsp3) is 1.00. The zero-order valence-electron chi connectivity index (χ0n) is 5.93. The van der Waals surface area contributed by atoms with Crippen LogP contribution in [0.3, 0.4) is 0 Å². The Morgan fingerprint density at radius 1 is 1.67 bits per heavy atom. The third kappa shape index (κ3) is 5.76. The summed E-state index contributed by atoms with van der Waals surface area (Å²) in [6.45, 7) is 1.33. The molecule has 0 aliphatic heterocycles. The molecule has 0 rings (SSSR count). The first kappa shape index (κ1) is 8.88. The SMILES string of the molecule is CNCC(O)CCCN. The van der Waals surface area contributed by atoms with Crippen LogP contribution in [0.1, 0.15) is 12.8 Å². The zero-order valence-corrected chi connectivity index (χ0v) is 5.93. The minimum absolute atomic E-state index is 0.224. The number of nitrogens with one attached hydrogen (secondary N) is 1. The predicted molar refractivity (Wildman–Crippen MR) is 38.2 cm³/mol. The molecule has 0 bridgehead atoms. The summed E-state index contributed by atoms with van der Waals surface area (Å²) in [4.78, 5) is 0. The van der Waals surface area contributed by atoms with Crippen molar-refractivity contribution in [2.24, 2.45) is 5.73 Å². The lowest BCUT2D eigenvalue weighted by molar-refractivity contribution is 0.162. The van der Waals surface area contributed by atoms with Crippen LogP contribution in [0, 0.1) is 0 Å². The fourth-order valence-electron chi connectivity index (χ4n) is 0.691. The smallest absolute Gasteiger partial charge is 0.0665 e. The van der Waals surface area contributed by atoms with Crippen molar-refractivity contribution in [2.45, 2.75) is 18.9 Å². The highest BCUT2D eigenvalue weighted by Crippen LogP contribution is 1.92. The molecule has 0 aromatic carbocycles. The van der Waals surface area contributed by atoms with Gasteiger partial charge in [-0.05, 0) is 26.4 Å². The van der Waals surface area contributed by atoms with Gasteiger partial charge >= 0.3 is 0 Å². The maximum Gasteiger partial charge on any atom is 0.0665 e. The Hall–Kier alpha value is -0.120. The Labute approximate surface area is 56.2 Å². The first-order valence-corrected chi connectivity index (χ1v) is 3.34. The molecule has 0 aliphatic carbocycles. The normalized spacial score (nSPS) is 13.7. The number of rotatable bonds is 5. The Bertz CT molecular complexity index is 59.0. The molecule has 3 nitrogen and oxygen atoms in total. The molecule has 9 heavy (non-hydrogen) atoms. The van der Waals surface area contributed by atoms with Crippen LogP contribution in [-0.2, 0) is 0 Å². The zero-order chi connectivity index (χ0) is 7.11. The van der Waals surface area contributed by atoms with Gasteiger partial charge in [0.1, 0.15) is 0 Å². The maximum atomic E-state index is 9.06. The van der Waals surface area contributed by atoms with Crippen molar-refractivity contribution in [3.63, 3.8) is 0 Å². The minimum atomic E-state index is -0.224. The van der Waals surface area contributed by atoms with Crippen molar-refractivity contribution in [1.29, 1.82) is 0 Å². The largest absolute Gasteiger partial charge is 0.392 e. The van der Waals surface area contributed by atoms with Gasteiger partial charge in [0.25, 0.3) is 0 Å². The van der Waals surface area contributed by atoms with Gasteiger partial charge in [0.15, 0.2) is 0 Å². The fourth-order valence-corrected chi connectivity index (χ4v) is 0.691. The Morgan fingerprint density at radius 2 is 2.33 bits per heavy atom. The minimum Gasteiger partial charge on any atom is -0.392 e. The average molecular weight is 132 g/mol. The highest BCUT2D eigenvalue weighted by Gasteiger charge is 1.99. The Balaban J connectivity index is 2.95. The van der Waals surface area contributed by atoms with E-state index in [0.29, 0.717) is 13.1 Å². The van der Waals surface area contributed by atoms with E-state index in [1.807, 2.05) is 7.05 Å². The molecule has 56 valence electrons. The number of nitrogens with two attached hydrogens (primary N) is 1. The second kappa shape index (κ2) is 6.01. The molecule has 0 aromatic rings. The maximum absolute atomic E-state index is 9.06. The summed E-state index contributed by atoms with van der Waals surface area (Å²) < 4.78 is 0. The first-order chi connectivity index (χ1) is 4.31. The van der Waals surface area contributed by atoms with Crippen LogP contribution >= 0.6 is 0 Å². The molecule has 0 amide bonds. The lowest BCUT2D eigenvalue weighted by Crippen LogP contribution is -2.23. The number of aliphatic hydroxyl groups excluding tert-OH is 1. The third-order valence-electron chi connectivity index (χ3n) is 1.18. The third-order valence-corrected chi connectivity index (χ3v) is 1.18. The van der Waals surface area contributed by atoms with Gasteiger partial charge in [0.05, 0.1) is 6.10 Å². The summed E-state index contributed by atoms with van der Waals surface area (Å²) >= 11 is 0.